The lowest BCUT2D eigenvalue weighted by Crippen LogP contribution is -2.52. The third-order valence-electron chi connectivity index (χ3n) is 10.1. The predicted molar refractivity (Wildman–Crippen MR) is 213 cm³/mol. The second-order valence-electron chi connectivity index (χ2n) is 14.2. The average molecular weight is 785 g/mol. The van der Waals surface area contributed by atoms with Crippen LogP contribution in [0.3, 0.4) is 0 Å². The lowest BCUT2D eigenvalue weighted by Gasteiger charge is -2.29. The minimum Gasteiger partial charge on any atom is -0.494 e. The molecule has 3 aromatic carbocycles. The largest absolute Gasteiger partial charge is 0.494 e. The van der Waals surface area contributed by atoms with Gasteiger partial charge in [0.25, 0.3) is 11.8 Å². The van der Waals surface area contributed by atoms with Gasteiger partial charge in [-0.25, -0.2) is 9.97 Å². The molecule has 1 fully saturated rings. The number of anilines is 2. The zero-order valence-electron chi connectivity index (χ0n) is 32.1. The van der Waals surface area contributed by atoms with Gasteiger partial charge in [-0.3, -0.25) is 29.3 Å². The summed E-state index contributed by atoms with van der Waals surface area (Å²) in [5.74, 6) is 0.634. The molecule has 4 heterocycles. The minimum absolute atomic E-state index is 0.141. The van der Waals surface area contributed by atoms with Crippen molar-refractivity contribution >= 4 is 40.9 Å². The minimum atomic E-state index is -0.712. The van der Waals surface area contributed by atoms with E-state index in [4.69, 9.17) is 4.74 Å². The predicted octanol–water partition coefficient (Wildman–Crippen LogP) is 4.54. The van der Waals surface area contributed by atoms with Crippen LogP contribution in [0, 0.1) is 0 Å². The van der Waals surface area contributed by atoms with Gasteiger partial charge in [0.1, 0.15) is 23.8 Å². The van der Waals surface area contributed by atoms with E-state index in [2.05, 4.69) is 41.4 Å². The topological polar surface area (TPSA) is 202 Å². The van der Waals surface area contributed by atoms with E-state index in [-0.39, 0.29) is 43.0 Å². The fourth-order valence-corrected chi connectivity index (χ4v) is 6.99. The fourth-order valence-electron chi connectivity index (χ4n) is 6.99. The summed E-state index contributed by atoms with van der Waals surface area (Å²) < 4.78 is 7.85. The van der Waals surface area contributed by atoms with Crippen LogP contribution in [0.25, 0.3) is 11.5 Å². The zero-order valence-corrected chi connectivity index (χ0v) is 32.1. The van der Waals surface area contributed by atoms with Crippen LogP contribution in [0.4, 0.5) is 11.4 Å². The number of unbranched alkanes of at least 4 members (excludes halogenated alkanes) is 3. The van der Waals surface area contributed by atoms with Crippen LogP contribution in [0.1, 0.15) is 82.6 Å². The van der Waals surface area contributed by atoms with Crippen molar-refractivity contribution in [3.05, 3.63) is 113 Å². The third-order valence-corrected chi connectivity index (χ3v) is 10.1. The van der Waals surface area contributed by atoms with Gasteiger partial charge < -0.3 is 30.2 Å². The van der Waals surface area contributed by atoms with Crippen LogP contribution in [0.5, 0.6) is 5.75 Å². The maximum absolute atomic E-state index is 13.1. The van der Waals surface area contributed by atoms with E-state index in [1.165, 1.54) is 11.2 Å². The van der Waals surface area contributed by atoms with Crippen molar-refractivity contribution in [2.45, 2.75) is 70.6 Å². The molecule has 0 aliphatic carbocycles. The maximum Gasteiger partial charge on any atom is 0.255 e. The summed E-state index contributed by atoms with van der Waals surface area (Å²) in [6.07, 6.45) is 7.16. The molecule has 58 heavy (non-hydrogen) atoms. The van der Waals surface area contributed by atoms with E-state index in [1.54, 1.807) is 42.6 Å². The van der Waals surface area contributed by atoms with E-state index in [1.807, 2.05) is 48.0 Å². The van der Waals surface area contributed by atoms with Crippen LogP contribution < -0.4 is 26.0 Å². The van der Waals surface area contributed by atoms with Crippen molar-refractivity contribution in [3.63, 3.8) is 0 Å². The molecule has 0 bridgehead atoms. The molecule has 5 aromatic rings. The molecule has 5 amide bonds. The number of nitrogens with one attached hydrogen (secondary N) is 4. The van der Waals surface area contributed by atoms with E-state index >= 15 is 0 Å². The summed E-state index contributed by atoms with van der Waals surface area (Å²) in [5.41, 5.74) is 4.58. The van der Waals surface area contributed by atoms with Crippen molar-refractivity contribution in [2.24, 2.45) is 7.05 Å². The Bertz CT molecular complexity index is 2310. The van der Waals surface area contributed by atoms with Crippen molar-refractivity contribution in [1.29, 1.82) is 0 Å². The first-order valence-electron chi connectivity index (χ1n) is 19.3. The van der Waals surface area contributed by atoms with Gasteiger partial charge in [-0.05, 0) is 73.4 Å². The third kappa shape index (κ3) is 9.51. The van der Waals surface area contributed by atoms with E-state index in [0.29, 0.717) is 78.0 Å². The summed E-state index contributed by atoms with van der Waals surface area (Å²) in [5, 5.41) is 20.1. The first-order valence-corrected chi connectivity index (χ1v) is 19.3. The highest BCUT2D eigenvalue weighted by molar-refractivity contribution is 6.06. The van der Waals surface area contributed by atoms with Gasteiger partial charge in [-0.2, -0.15) is 0 Å². The SMILES string of the molecule is Cn1c(CNc2cccc(C(=O)NCc3cccc(OCCCCCCC(=O)Nc4cccc5c4CN(C4CCC(=O)NC4=O)C5=O)c3)c2)nnc1-c1ccncn1. The number of hydrogen-bond donors (Lipinski definition) is 4. The Kier molecular flexibility index (Phi) is 12.4. The van der Waals surface area contributed by atoms with Gasteiger partial charge in [-0.15, -0.1) is 10.2 Å². The molecule has 7 rings (SSSR count). The standard InChI is InChI=1S/C42H44N10O6/c1-51-36(49-50-39(51)34-18-19-43-26-46-34)24-44-29-11-7-10-28(22-29)40(55)45-23-27-9-6-12-30(21-27)58-20-5-3-2-4-15-37(53)47-33-14-8-13-31-32(33)25-52(42(31)57)35-16-17-38(54)48-41(35)56/h6-14,18-19,21-22,26,35,44H,2-5,15-17,20,23-25H2,1H3,(H,45,55)(H,47,53)(H,48,54,56). The molecule has 2 aliphatic rings. The normalized spacial score (nSPS) is 14.8. The number of carbonyl (C=O) groups is 5. The number of rotatable bonds is 17. The van der Waals surface area contributed by atoms with Crippen molar-refractivity contribution in [1.82, 2.24) is 40.3 Å². The number of imide groups is 1. The second kappa shape index (κ2) is 18.3. The quantitative estimate of drug-likeness (QED) is 0.0762. The summed E-state index contributed by atoms with van der Waals surface area (Å²) >= 11 is 0. The fraction of sp³-hybridized carbons (Fsp3) is 0.310. The van der Waals surface area contributed by atoms with Crippen molar-refractivity contribution in [3.8, 4) is 17.3 Å². The Morgan fingerprint density at radius 3 is 2.62 bits per heavy atom. The van der Waals surface area contributed by atoms with Crippen LogP contribution >= 0.6 is 0 Å². The van der Waals surface area contributed by atoms with Gasteiger partial charge in [0.15, 0.2) is 11.6 Å². The first kappa shape index (κ1) is 39.3. The Morgan fingerprint density at radius 1 is 0.931 bits per heavy atom. The summed E-state index contributed by atoms with van der Waals surface area (Å²) in [6.45, 7) is 1.46. The van der Waals surface area contributed by atoms with Crippen LogP contribution in [-0.4, -0.2) is 71.8 Å². The van der Waals surface area contributed by atoms with E-state index < -0.39 is 11.9 Å². The lowest BCUT2D eigenvalue weighted by molar-refractivity contribution is -0.137. The average Bonchev–Trinajstić information content (AvgIpc) is 3.78. The number of hydrogen-bond acceptors (Lipinski definition) is 11. The van der Waals surface area contributed by atoms with Crippen LogP contribution in [0.2, 0.25) is 0 Å². The molecule has 0 saturated carbocycles. The molecule has 4 N–H and O–H groups in total. The highest BCUT2D eigenvalue weighted by atomic mass is 16.5. The Hall–Kier alpha value is -6.97. The number of aromatic nitrogens is 5. The van der Waals surface area contributed by atoms with E-state index in [0.717, 1.165) is 30.5 Å². The maximum atomic E-state index is 13.1. The molecular formula is C42H44N10O6. The smallest absolute Gasteiger partial charge is 0.255 e. The molecule has 2 aromatic heterocycles. The van der Waals surface area contributed by atoms with Gasteiger partial charge in [0, 0.05) is 67.2 Å². The highest BCUT2D eigenvalue weighted by Gasteiger charge is 2.40. The molecule has 16 nitrogen and oxygen atoms in total. The summed E-state index contributed by atoms with van der Waals surface area (Å²) in [6, 6.07) is 21.1. The number of piperidine rings is 1. The molecule has 1 atom stereocenters. The Morgan fingerprint density at radius 2 is 1.78 bits per heavy atom. The lowest BCUT2D eigenvalue weighted by atomic mass is 10.0. The number of ether oxygens (including phenoxy) is 1. The molecule has 0 radical (unpaired) electrons. The molecule has 0 spiro atoms. The van der Waals surface area contributed by atoms with Gasteiger partial charge in [0.2, 0.25) is 17.7 Å². The number of fused-ring (bicyclic) bond motifs is 1. The van der Waals surface area contributed by atoms with Crippen molar-refractivity contribution in [2.75, 3.05) is 17.2 Å². The van der Waals surface area contributed by atoms with Gasteiger partial charge in [-0.1, -0.05) is 37.1 Å². The Balaban J connectivity index is 0.792. The van der Waals surface area contributed by atoms with Gasteiger partial charge in [0.05, 0.1) is 13.2 Å². The Labute approximate surface area is 334 Å². The van der Waals surface area contributed by atoms with E-state index in [9.17, 15) is 24.0 Å². The molecular weight excluding hydrogens is 741 g/mol. The first-order chi connectivity index (χ1) is 28.2. The zero-order chi connectivity index (χ0) is 40.4. The van der Waals surface area contributed by atoms with Crippen LogP contribution in [0.15, 0.2) is 85.3 Å². The molecule has 1 saturated heterocycles. The highest BCUT2D eigenvalue weighted by Crippen LogP contribution is 2.32. The monoisotopic (exact) mass is 784 g/mol. The molecule has 1 unspecified atom stereocenters. The molecule has 2 aliphatic heterocycles. The summed E-state index contributed by atoms with van der Waals surface area (Å²) in [7, 11) is 1.87. The number of benzene rings is 3. The molecule has 16 heteroatoms. The van der Waals surface area contributed by atoms with Gasteiger partial charge >= 0.3 is 0 Å². The van der Waals surface area contributed by atoms with Crippen LogP contribution in [-0.2, 0) is 41.1 Å². The van der Waals surface area contributed by atoms with Crippen molar-refractivity contribution < 1.29 is 28.7 Å². The number of nitrogens with zero attached hydrogens (tertiary/aromatic N) is 6. The number of carbonyl (C=O) groups excluding carboxylic acids is 5. The molecule has 298 valence electrons. The summed E-state index contributed by atoms with van der Waals surface area (Å²) in [4.78, 5) is 72.6. The second-order valence-corrected chi connectivity index (χ2v) is 14.2. The number of amides is 5.